The summed E-state index contributed by atoms with van der Waals surface area (Å²) in [5.74, 6) is 1.09. The van der Waals surface area contributed by atoms with Gasteiger partial charge in [0, 0.05) is 17.9 Å². The maximum absolute atomic E-state index is 12.3. The summed E-state index contributed by atoms with van der Waals surface area (Å²) in [6.45, 7) is 3.27. The Morgan fingerprint density at radius 2 is 1.79 bits per heavy atom. The number of ketones is 1. The van der Waals surface area contributed by atoms with Gasteiger partial charge in [-0.3, -0.25) is 14.5 Å². The molecule has 1 amide bonds. The highest BCUT2D eigenvalue weighted by Gasteiger charge is 2.21. The minimum atomic E-state index is -0.161. The van der Waals surface area contributed by atoms with Gasteiger partial charge in [-0.15, -0.1) is 11.3 Å². The summed E-state index contributed by atoms with van der Waals surface area (Å²) in [6, 6.07) is 14.3. The molecule has 144 valence electrons. The van der Waals surface area contributed by atoms with E-state index < -0.39 is 0 Å². The van der Waals surface area contributed by atoms with Crippen LogP contribution in [0.3, 0.4) is 0 Å². The van der Waals surface area contributed by atoms with Crippen LogP contribution in [-0.2, 0) is 11.4 Å². The lowest BCUT2D eigenvalue weighted by Crippen LogP contribution is -2.23. The lowest BCUT2D eigenvalue weighted by molar-refractivity contribution is -0.115. The van der Waals surface area contributed by atoms with E-state index in [2.05, 4.69) is 4.98 Å². The van der Waals surface area contributed by atoms with E-state index in [1.165, 1.54) is 30.1 Å². The topological polar surface area (TPSA) is 68.7 Å². The second-order valence-corrected chi connectivity index (χ2v) is 6.85. The SMILES string of the molecule is COc1ccccc1N(C(C)=O)c1nc(COc2ccc(C(C)=O)cc2)cs1. The molecule has 6 nitrogen and oxygen atoms in total. The zero-order valence-corrected chi connectivity index (χ0v) is 16.7. The number of hydrogen-bond donors (Lipinski definition) is 0. The third kappa shape index (κ3) is 4.37. The second-order valence-electron chi connectivity index (χ2n) is 6.02. The molecule has 0 radical (unpaired) electrons. The van der Waals surface area contributed by atoms with Crippen LogP contribution in [0.25, 0.3) is 0 Å². The summed E-state index contributed by atoms with van der Waals surface area (Å²) in [7, 11) is 1.57. The number of carbonyl (C=O) groups is 2. The summed E-state index contributed by atoms with van der Waals surface area (Å²) in [4.78, 5) is 29.7. The number of para-hydroxylation sites is 2. The Hall–Kier alpha value is -3.19. The number of ether oxygens (including phenoxy) is 2. The van der Waals surface area contributed by atoms with Crippen molar-refractivity contribution in [2.45, 2.75) is 20.5 Å². The summed E-state index contributed by atoms with van der Waals surface area (Å²) in [6.07, 6.45) is 0. The molecule has 0 aliphatic rings. The molecule has 3 rings (SSSR count). The van der Waals surface area contributed by atoms with Gasteiger partial charge in [0.1, 0.15) is 18.1 Å². The highest BCUT2D eigenvalue weighted by atomic mass is 32.1. The first-order valence-electron chi connectivity index (χ1n) is 8.61. The minimum Gasteiger partial charge on any atom is -0.495 e. The number of amides is 1. The lowest BCUT2D eigenvalue weighted by Gasteiger charge is -2.20. The number of benzene rings is 2. The van der Waals surface area contributed by atoms with Gasteiger partial charge in [0.2, 0.25) is 5.91 Å². The van der Waals surface area contributed by atoms with E-state index in [0.29, 0.717) is 33.6 Å². The number of thiazole rings is 1. The number of hydrogen-bond acceptors (Lipinski definition) is 6. The molecule has 0 aliphatic heterocycles. The normalized spacial score (nSPS) is 10.4. The van der Waals surface area contributed by atoms with Crippen molar-refractivity contribution in [1.29, 1.82) is 0 Å². The molecular weight excluding hydrogens is 376 g/mol. The molecule has 0 saturated heterocycles. The zero-order valence-electron chi connectivity index (χ0n) is 15.8. The Balaban J connectivity index is 1.76. The molecule has 0 bridgehead atoms. The van der Waals surface area contributed by atoms with Crippen molar-refractivity contribution >= 4 is 33.8 Å². The number of Topliss-reactive ketones (excluding diaryl/α,β-unsaturated/α-hetero) is 1. The number of nitrogens with zero attached hydrogens (tertiary/aromatic N) is 2. The molecule has 28 heavy (non-hydrogen) atoms. The Morgan fingerprint density at radius 3 is 2.43 bits per heavy atom. The van der Waals surface area contributed by atoms with Crippen LogP contribution in [0, 0.1) is 0 Å². The maximum Gasteiger partial charge on any atom is 0.230 e. The summed E-state index contributed by atoms with van der Waals surface area (Å²) < 4.78 is 11.1. The van der Waals surface area contributed by atoms with Gasteiger partial charge in [-0.05, 0) is 43.3 Å². The number of rotatable bonds is 7. The van der Waals surface area contributed by atoms with Crippen LogP contribution in [0.2, 0.25) is 0 Å². The molecule has 0 atom stereocenters. The van der Waals surface area contributed by atoms with Crippen molar-refractivity contribution in [3.63, 3.8) is 0 Å². The number of anilines is 2. The van der Waals surface area contributed by atoms with Gasteiger partial charge in [-0.25, -0.2) is 4.98 Å². The second kappa shape index (κ2) is 8.67. The minimum absolute atomic E-state index is 0.0105. The van der Waals surface area contributed by atoms with Crippen LogP contribution in [0.15, 0.2) is 53.9 Å². The standard InChI is InChI=1S/C21H20N2O4S/c1-14(24)16-8-10-18(11-9-16)27-12-17-13-28-21(22-17)23(15(2)25)19-6-4-5-7-20(19)26-3/h4-11,13H,12H2,1-3H3. The molecule has 0 aliphatic carbocycles. The van der Waals surface area contributed by atoms with Gasteiger partial charge in [0.15, 0.2) is 10.9 Å². The van der Waals surface area contributed by atoms with Gasteiger partial charge in [0.05, 0.1) is 18.5 Å². The molecule has 0 fully saturated rings. The van der Waals surface area contributed by atoms with Crippen LogP contribution >= 0.6 is 11.3 Å². The molecule has 3 aromatic rings. The molecule has 0 saturated carbocycles. The summed E-state index contributed by atoms with van der Waals surface area (Å²) in [5.41, 5.74) is 1.98. The van der Waals surface area contributed by atoms with E-state index in [-0.39, 0.29) is 18.3 Å². The summed E-state index contributed by atoms with van der Waals surface area (Å²) in [5, 5.41) is 2.40. The Kier molecular flexibility index (Phi) is 6.06. The largest absolute Gasteiger partial charge is 0.495 e. The highest BCUT2D eigenvalue weighted by molar-refractivity contribution is 7.14. The van der Waals surface area contributed by atoms with Gasteiger partial charge in [-0.2, -0.15) is 0 Å². The quantitative estimate of drug-likeness (QED) is 0.545. The third-order valence-corrected chi connectivity index (χ3v) is 4.89. The third-order valence-electron chi connectivity index (χ3n) is 4.02. The fourth-order valence-electron chi connectivity index (χ4n) is 2.63. The molecule has 7 heteroatoms. The van der Waals surface area contributed by atoms with Crippen LogP contribution in [0.5, 0.6) is 11.5 Å². The monoisotopic (exact) mass is 396 g/mol. The highest BCUT2D eigenvalue weighted by Crippen LogP contribution is 2.35. The van der Waals surface area contributed by atoms with Gasteiger partial charge >= 0.3 is 0 Å². The van der Waals surface area contributed by atoms with Crippen molar-refractivity contribution in [3.05, 3.63) is 65.2 Å². The fourth-order valence-corrected chi connectivity index (χ4v) is 3.49. The summed E-state index contributed by atoms with van der Waals surface area (Å²) >= 11 is 1.36. The first kappa shape index (κ1) is 19.6. The Labute approximate surface area is 167 Å². The molecule has 0 unspecified atom stereocenters. The molecule has 1 aromatic heterocycles. The molecule has 0 spiro atoms. The molecular formula is C21H20N2O4S. The zero-order chi connectivity index (χ0) is 20.1. The van der Waals surface area contributed by atoms with E-state index in [1.807, 2.05) is 23.6 Å². The van der Waals surface area contributed by atoms with Crippen molar-refractivity contribution in [2.75, 3.05) is 12.0 Å². The van der Waals surface area contributed by atoms with Gasteiger partial charge in [-0.1, -0.05) is 12.1 Å². The van der Waals surface area contributed by atoms with Crippen molar-refractivity contribution in [1.82, 2.24) is 4.98 Å². The fraction of sp³-hybridized carbons (Fsp3) is 0.190. The smallest absolute Gasteiger partial charge is 0.230 e. The first-order valence-corrected chi connectivity index (χ1v) is 9.49. The average molecular weight is 396 g/mol. The van der Waals surface area contributed by atoms with Crippen molar-refractivity contribution < 1.29 is 19.1 Å². The van der Waals surface area contributed by atoms with Crippen molar-refractivity contribution in [2.24, 2.45) is 0 Å². The van der Waals surface area contributed by atoms with E-state index in [4.69, 9.17) is 9.47 Å². The van der Waals surface area contributed by atoms with Crippen LogP contribution in [0.1, 0.15) is 29.9 Å². The Bertz CT molecular complexity index is 982. The van der Waals surface area contributed by atoms with Crippen LogP contribution < -0.4 is 14.4 Å². The van der Waals surface area contributed by atoms with Gasteiger partial charge < -0.3 is 9.47 Å². The van der Waals surface area contributed by atoms with Crippen molar-refractivity contribution in [3.8, 4) is 11.5 Å². The van der Waals surface area contributed by atoms with E-state index in [9.17, 15) is 9.59 Å². The molecule has 0 N–H and O–H groups in total. The number of carbonyl (C=O) groups excluding carboxylic acids is 2. The number of aromatic nitrogens is 1. The van der Waals surface area contributed by atoms with Gasteiger partial charge in [0.25, 0.3) is 0 Å². The van der Waals surface area contributed by atoms with Crippen LogP contribution in [0.4, 0.5) is 10.8 Å². The molecule has 1 heterocycles. The predicted octanol–water partition coefficient (Wildman–Crippen LogP) is 4.62. The van der Waals surface area contributed by atoms with E-state index in [1.54, 1.807) is 37.4 Å². The first-order chi connectivity index (χ1) is 13.5. The van der Waals surface area contributed by atoms with Crippen LogP contribution in [-0.4, -0.2) is 23.8 Å². The molecule has 2 aromatic carbocycles. The number of methoxy groups -OCH3 is 1. The van der Waals surface area contributed by atoms with E-state index in [0.717, 1.165) is 0 Å². The average Bonchev–Trinajstić information content (AvgIpc) is 3.15. The lowest BCUT2D eigenvalue weighted by atomic mass is 10.1. The predicted molar refractivity (Wildman–Crippen MR) is 109 cm³/mol. The Morgan fingerprint density at radius 1 is 1.07 bits per heavy atom. The maximum atomic E-state index is 12.3. The van der Waals surface area contributed by atoms with E-state index >= 15 is 0 Å².